The van der Waals surface area contributed by atoms with E-state index in [0.717, 1.165) is 52.0 Å². The first-order chi connectivity index (χ1) is 23.8. The number of aliphatic hydroxyl groups excluding tert-OH is 1. The first-order valence-corrected chi connectivity index (χ1v) is 16.5. The molecule has 1 aliphatic rings. The van der Waals surface area contributed by atoms with E-state index in [1.807, 2.05) is 103 Å². The Bertz CT molecular complexity index is 1680. The molecule has 1 fully saturated rings. The van der Waals surface area contributed by atoms with Crippen LogP contribution in [0.25, 0.3) is 11.1 Å². The van der Waals surface area contributed by atoms with E-state index >= 15 is 0 Å². The molecule has 0 spiro atoms. The molecule has 0 bridgehead atoms. The zero-order valence-corrected chi connectivity index (χ0v) is 28.1. The fourth-order valence-corrected chi connectivity index (χ4v) is 5.98. The van der Waals surface area contributed by atoms with Crippen molar-refractivity contribution in [2.45, 2.75) is 50.5 Å². The van der Waals surface area contributed by atoms with Crippen LogP contribution in [-0.4, -0.2) is 61.4 Å². The Kier molecular flexibility index (Phi) is 12.7. The lowest BCUT2D eigenvalue weighted by Crippen LogP contribution is -2.47. The molecular formula is C40H45N3O6. The van der Waals surface area contributed by atoms with E-state index in [1.54, 1.807) is 0 Å². The number of carbonyl (C=O) groups is 2. The van der Waals surface area contributed by atoms with Crippen molar-refractivity contribution in [2.75, 3.05) is 27.2 Å². The minimum Gasteiger partial charge on any atom is -0.467 e. The number of benzene rings is 4. The standard InChI is InChI=1S/C40H45N3O6/c1-4-20-43(2)26-35-24-37(31-18-16-29(27-44)17-19-31)49-39(48-35)34-15-9-14-33(23-34)32-13-8-12-30(21-32)25-41-40(46)42-36(38(45)47-3)22-28-10-6-5-7-11-28/h4-19,21,23,35-37,39,44H,1,20,22,24-27H2,2-3H3,(H2,41,42,46)/t35-,36-,37+,39+/m0/s1. The van der Waals surface area contributed by atoms with Crippen LogP contribution in [-0.2, 0) is 38.6 Å². The molecule has 5 rings (SSSR count). The molecule has 4 aromatic rings. The molecule has 49 heavy (non-hydrogen) atoms. The topological polar surface area (TPSA) is 109 Å². The summed E-state index contributed by atoms with van der Waals surface area (Å²) in [5.74, 6) is -0.507. The molecule has 9 nitrogen and oxygen atoms in total. The first kappa shape index (κ1) is 35.5. The largest absolute Gasteiger partial charge is 0.467 e. The summed E-state index contributed by atoms with van der Waals surface area (Å²) >= 11 is 0. The molecule has 0 aromatic heterocycles. The van der Waals surface area contributed by atoms with Crippen LogP contribution in [0.15, 0.2) is 116 Å². The van der Waals surface area contributed by atoms with Crippen LogP contribution in [0.4, 0.5) is 4.79 Å². The zero-order valence-electron chi connectivity index (χ0n) is 28.1. The summed E-state index contributed by atoms with van der Waals surface area (Å²) in [5, 5.41) is 15.1. The van der Waals surface area contributed by atoms with Gasteiger partial charge in [-0.05, 0) is 52.6 Å². The summed E-state index contributed by atoms with van der Waals surface area (Å²) in [6.45, 7) is 5.61. The predicted molar refractivity (Wildman–Crippen MR) is 189 cm³/mol. The second-order valence-electron chi connectivity index (χ2n) is 12.3. The summed E-state index contributed by atoms with van der Waals surface area (Å²) < 4.78 is 18.0. The van der Waals surface area contributed by atoms with Crippen molar-refractivity contribution in [3.63, 3.8) is 0 Å². The number of urea groups is 1. The van der Waals surface area contributed by atoms with Crippen molar-refractivity contribution in [3.05, 3.63) is 144 Å². The van der Waals surface area contributed by atoms with Crippen molar-refractivity contribution >= 4 is 12.0 Å². The van der Waals surface area contributed by atoms with Gasteiger partial charge in [0.25, 0.3) is 0 Å². The van der Waals surface area contributed by atoms with Gasteiger partial charge in [-0.2, -0.15) is 0 Å². The number of aliphatic hydroxyl groups is 1. The Morgan fingerprint density at radius 2 is 1.63 bits per heavy atom. The fraction of sp³-hybridized carbons (Fsp3) is 0.300. The number of ether oxygens (including phenoxy) is 3. The highest BCUT2D eigenvalue weighted by atomic mass is 16.7. The van der Waals surface area contributed by atoms with Crippen molar-refractivity contribution in [3.8, 4) is 11.1 Å². The number of hydrogen-bond donors (Lipinski definition) is 3. The maximum absolute atomic E-state index is 12.8. The minimum absolute atomic E-state index is 0.00557. The van der Waals surface area contributed by atoms with Gasteiger partial charge in [0, 0.05) is 38.0 Å². The number of likely N-dealkylation sites (N-methyl/N-ethyl adjacent to an activating group) is 1. The maximum Gasteiger partial charge on any atom is 0.328 e. The molecule has 9 heteroatoms. The molecule has 0 unspecified atom stereocenters. The van der Waals surface area contributed by atoms with Gasteiger partial charge in [-0.15, -0.1) is 6.58 Å². The summed E-state index contributed by atoms with van der Waals surface area (Å²) in [6.07, 6.45) is 2.08. The van der Waals surface area contributed by atoms with E-state index in [9.17, 15) is 14.7 Å². The number of nitrogens with one attached hydrogen (secondary N) is 2. The SMILES string of the molecule is C=CCN(C)C[C@@H]1C[C@H](c2ccc(CO)cc2)O[C@H](c2cccc(-c3cccc(CNC(=O)N[C@@H](Cc4ccccc4)C(=O)OC)c3)c2)O1. The number of nitrogens with zero attached hydrogens (tertiary/aromatic N) is 1. The van der Waals surface area contributed by atoms with Crippen molar-refractivity contribution in [1.82, 2.24) is 15.5 Å². The summed E-state index contributed by atoms with van der Waals surface area (Å²) in [6, 6.07) is 32.2. The molecule has 1 heterocycles. The van der Waals surface area contributed by atoms with Gasteiger partial charge < -0.3 is 34.9 Å². The van der Waals surface area contributed by atoms with Gasteiger partial charge in [-0.25, -0.2) is 9.59 Å². The quantitative estimate of drug-likeness (QED) is 0.111. The maximum atomic E-state index is 12.8. The van der Waals surface area contributed by atoms with E-state index in [4.69, 9.17) is 14.2 Å². The van der Waals surface area contributed by atoms with E-state index in [2.05, 4.69) is 35.2 Å². The zero-order chi connectivity index (χ0) is 34.6. The molecule has 0 saturated carbocycles. The fourth-order valence-electron chi connectivity index (χ4n) is 5.98. The van der Waals surface area contributed by atoms with Gasteiger partial charge in [0.2, 0.25) is 0 Å². The van der Waals surface area contributed by atoms with E-state index in [1.165, 1.54) is 7.11 Å². The Hall–Kier alpha value is -4.80. The average Bonchev–Trinajstić information content (AvgIpc) is 3.14. The van der Waals surface area contributed by atoms with Crippen LogP contribution in [0.2, 0.25) is 0 Å². The number of esters is 1. The number of carbonyl (C=O) groups excluding carboxylic acids is 2. The lowest BCUT2D eigenvalue weighted by Gasteiger charge is -2.37. The third-order valence-corrected chi connectivity index (χ3v) is 8.52. The second kappa shape index (κ2) is 17.6. The Labute approximate surface area is 288 Å². The molecule has 3 N–H and O–H groups in total. The normalized spacial score (nSPS) is 18.0. The molecule has 4 atom stereocenters. The van der Waals surface area contributed by atoms with Crippen LogP contribution in [0, 0.1) is 0 Å². The lowest BCUT2D eigenvalue weighted by atomic mass is 9.98. The van der Waals surface area contributed by atoms with Crippen LogP contribution in [0.3, 0.4) is 0 Å². The highest BCUT2D eigenvalue weighted by molar-refractivity contribution is 5.83. The van der Waals surface area contributed by atoms with Crippen molar-refractivity contribution < 1.29 is 28.9 Å². The van der Waals surface area contributed by atoms with Gasteiger partial charge in [0.15, 0.2) is 6.29 Å². The number of methoxy groups -OCH3 is 1. The molecule has 2 amide bonds. The van der Waals surface area contributed by atoms with E-state index < -0.39 is 24.3 Å². The monoisotopic (exact) mass is 663 g/mol. The Morgan fingerprint density at radius 1 is 0.918 bits per heavy atom. The van der Waals surface area contributed by atoms with Crippen LogP contribution < -0.4 is 10.6 Å². The van der Waals surface area contributed by atoms with Crippen LogP contribution in [0.1, 0.15) is 46.6 Å². The van der Waals surface area contributed by atoms with E-state index in [0.29, 0.717) is 12.8 Å². The molecule has 1 saturated heterocycles. The van der Waals surface area contributed by atoms with Gasteiger partial charge in [-0.1, -0.05) is 97.1 Å². The second-order valence-corrected chi connectivity index (χ2v) is 12.3. The smallest absolute Gasteiger partial charge is 0.328 e. The highest BCUT2D eigenvalue weighted by Gasteiger charge is 2.33. The van der Waals surface area contributed by atoms with E-state index in [-0.39, 0.29) is 25.4 Å². The number of amides is 2. The molecule has 0 radical (unpaired) electrons. The molecule has 0 aliphatic carbocycles. The highest BCUT2D eigenvalue weighted by Crippen LogP contribution is 2.39. The third-order valence-electron chi connectivity index (χ3n) is 8.52. The first-order valence-electron chi connectivity index (χ1n) is 16.5. The predicted octanol–water partition coefficient (Wildman–Crippen LogP) is 6.09. The van der Waals surface area contributed by atoms with Gasteiger partial charge in [-0.3, -0.25) is 0 Å². The van der Waals surface area contributed by atoms with Gasteiger partial charge in [0.1, 0.15) is 6.04 Å². The minimum atomic E-state index is -0.813. The molecule has 4 aromatic carbocycles. The van der Waals surface area contributed by atoms with Crippen LogP contribution >= 0.6 is 0 Å². The molecule has 1 aliphatic heterocycles. The third kappa shape index (κ3) is 10.1. The Balaban J connectivity index is 1.27. The Morgan fingerprint density at radius 3 is 2.35 bits per heavy atom. The number of rotatable bonds is 14. The van der Waals surface area contributed by atoms with Crippen LogP contribution in [0.5, 0.6) is 0 Å². The van der Waals surface area contributed by atoms with Crippen molar-refractivity contribution in [2.24, 2.45) is 0 Å². The average molecular weight is 664 g/mol. The number of hydrogen-bond acceptors (Lipinski definition) is 7. The molecule has 256 valence electrons. The van der Waals surface area contributed by atoms with Gasteiger partial charge >= 0.3 is 12.0 Å². The lowest BCUT2D eigenvalue weighted by molar-refractivity contribution is -0.252. The summed E-state index contributed by atoms with van der Waals surface area (Å²) in [5.41, 5.74) is 6.58. The van der Waals surface area contributed by atoms with Crippen molar-refractivity contribution in [1.29, 1.82) is 0 Å². The summed E-state index contributed by atoms with van der Waals surface area (Å²) in [4.78, 5) is 27.4. The van der Waals surface area contributed by atoms with Gasteiger partial charge in [0.05, 0.1) is 25.9 Å². The molecular weight excluding hydrogens is 618 g/mol. The summed E-state index contributed by atoms with van der Waals surface area (Å²) in [7, 11) is 3.36.